The molecule has 0 saturated carbocycles. The van der Waals surface area contributed by atoms with Crippen LogP contribution in [0.1, 0.15) is 18.4 Å². The van der Waals surface area contributed by atoms with Gasteiger partial charge in [-0.15, -0.1) is 0 Å². The molecule has 2 aromatic rings. The molecule has 114 valence electrons. The lowest BCUT2D eigenvalue weighted by atomic mass is 9.94. The second-order valence-corrected chi connectivity index (χ2v) is 5.75. The Morgan fingerprint density at radius 1 is 1.18 bits per heavy atom. The summed E-state index contributed by atoms with van der Waals surface area (Å²) in [5.41, 5.74) is 9.99. The van der Waals surface area contributed by atoms with Gasteiger partial charge >= 0.3 is 0 Å². The lowest BCUT2D eigenvalue weighted by Gasteiger charge is -2.34. The summed E-state index contributed by atoms with van der Waals surface area (Å²) in [6, 6.07) is 3.99. The number of rotatable bonds is 3. The fourth-order valence-corrected chi connectivity index (χ4v) is 3.11. The molecule has 0 spiro atoms. The fourth-order valence-electron chi connectivity index (χ4n) is 3.11. The molecule has 1 fully saturated rings. The molecule has 0 aromatic carbocycles. The minimum Gasteiger partial charge on any atom is -0.371 e. The van der Waals surface area contributed by atoms with Crippen LogP contribution in [-0.2, 0) is 4.79 Å². The molecular formula is C17H20N4O. The Hall–Kier alpha value is -2.43. The Balaban J connectivity index is 1.93. The molecule has 1 amide bonds. The zero-order valence-corrected chi connectivity index (χ0v) is 12.7. The number of aromatic nitrogens is 2. The van der Waals surface area contributed by atoms with Gasteiger partial charge in [-0.2, -0.15) is 0 Å². The van der Waals surface area contributed by atoms with Crippen LogP contribution < -0.4 is 10.6 Å². The number of nitrogens with zero attached hydrogens (tertiary/aromatic N) is 3. The average Bonchev–Trinajstić information content (AvgIpc) is 2.55. The summed E-state index contributed by atoms with van der Waals surface area (Å²) in [5, 5.41) is 0. The molecule has 3 rings (SSSR count). The van der Waals surface area contributed by atoms with Gasteiger partial charge in [0.1, 0.15) is 0 Å². The van der Waals surface area contributed by atoms with Crippen molar-refractivity contribution in [3.05, 3.63) is 42.5 Å². The first kappa shape index (κ1) is 14.5. The lowest BCUT2D eigenvalue weighted by molar-refractivity contribution is -0.122. The van der Waals surface area contributed by atoms with Crippen molar-refractivity contribution in [2.75, 3.05) is 18.0 Å². The predicted octanol–water partition coefficient (Wildman–Crippen LogP) is 2.15. The van der Waals surface area contributed by atoms with Gasteiger partial charge in [-0.25, -0.2) is 0 Å². The van der Waals surface area contributed by atoms with E-state index in [0.29, 0.717) is 0 Å². The van der Waals surface area contributed by atoms with Crippen molar-refractivity contribution < 1.29 is 4.79 Å². The number of anilines is 1. The van der Waals surface area contributed by atoms with E-state index in [1.807, 2.05) is 24.5 Å². The van der Waals surface area contributed by atoms with Crippen molar-refractivity contribution in [2.24, 2.45) is 11.7 Å². The molecule has 0 unspecified atom stereocenters. The van der Waals surface area contributed by atoms with Crippen LogP contribution in [0.5, 0.6) is 0 Å². The van der Waals surface area contributed by atoms with Crippen LogP contribution in [0.3, 0.4) is 0 Å². The predicted molar refractivity (Wildman–Crippen MR) is 86.3 cm³/mol. The van der Waals surface area contributed by atoms with E-state index in [1.165, 1.54) is 5.69 Å². The van der Waals surface area contributed by atoms with Crippen LogP contribution in [0, 0.1) is 12.8 Å². The van der Waals surface area contributed by atoms with Crippen molar-refractivity contribution in [1.82, 2.24) is 9.97 Å². The molecule has 0 atom stereocenters. The third kappa shape index (κ3) is 2.79. The van der Waals surface area contributed by atoms with Crippen molar-refractivity contribution >= 4 is 11.6 Å². The number of piperidine rings is 1. The standard InChI is InChI=1S/C17H20N4O/c1-12-10-20-11-15(13-2-6-19-7-3-13)16(12)21-8-4-14(5-9-21)17(18)22/h2-3,6-7,10-11,14H,4-5,8-9H2,1H3,(H2,18,22). The Morgan fingerprint density at radius 3 is 2.50 bits per heavy atom. The summed E-state index contributed by atoms with van der Waals surface area (Å²) in [7, 11) is 0. The van der Waals surface area contributed by atoms with E-state index in [4.69, 9.17) is 5.73 Å². The van der Waals surface area contributed by atoms with E-state index in [2.05, 4.69) is 21.8 Å². The number of aryl methyl sites for hydroxylation is 1. The summed E-state index contributed by atoms with van der Waals surface area (Å²) in [4.78, 5) is 22.1. The van der Waals surface area contributed by atoms with E-state index in [9.17, 15) is 4.79 Å². The fraction of sp³-hybridized carbons (Fsp3) is 0.353. The summed E-state index contributed by atoms with van der Waals surface area (Å²) in [5.74, 6) is -0.178. The summed E-state index contributed by atoms with van der Waals surface area (Å²) in [6.45, 7) is 3.76. The topological polar surface area (TPSA) is 72.1 Å². The largest absolute Gasteiger partial charge is 0.371 e. The highest BCUT2D eigenvalue weighted by molar-refractivity contribution is 5.81. The minimum absolute atomic E-state index is 0.00256. The van der Waals surface area contributed by atoms with Crippen molar-refractivity contribution in [3.63, 3.8) is 0 Å². The van der Waals surface area contributed by atoms with Crippen molar-refractivity contribution in [3.8, 4) is 11.1 Å². The summed E-state index contributed by atoms with van der Waals surface area (Å²) < 4.78 is 0. The smallest absolute Gasteiger partial charge is 0.220 e. The highest BCUT2D eigenvalue weighted by Crippen LogP contribution is 2.34. The maximum atomic E-state index is 11.3. The summed E-state index contributed by atoms with van der Waals surface area (Å²) >= 11 is 0. The molecule has 1 saturated heterocycles. The average molecular weight is 296 g/mol. The Kier molecular flexibility index (Phi) is 4.04. The van der Waals surface area contributed by atoms with Gasteiger partial charge in [0.05, 0.1) is 5.69 Å². The number of carbonyl (C=O) groups excluding carboxylic acids is 1. The highest BCUT2D eigenvalue weighted by Gasteiger charge is 2.25. The van der Waals surface area contributed by atoms with Crippen LogP contribution >= 0.6 is 0 Å². The quantitative estimate of drug-likeness (QED) is 0.942. The van der Waals surface area contributed by atoms with Crippen molar-refractivity contribution in [1.29, 1.82) is 0 Å². The molecule has 3 heterocycles. The number of hydrogen-bond acceptors (Lipinski definition) is 4. The van der Waals surface area contributed by atoms with E-state index in [-0.39, 0.29) is 11.8 Å². The third-order valence-corrected chi connectivity index (χ3v) is 4.31. The van der Waals surface area contributed by atoms with Crippen LogP contribution in [0.25, 0.3) is 11.1 Å². The number of carbonyl (C=O) groups is 1. The minimum atomic E-state index is -0.180. The highest BCUT2D eigenvalue weighted by atomic mass is 16.1. The maximum absolute atomic E-state index is 11.3. The van der Waals surface area contributed by atoms with Gasteiger partial charge < -0.3 is 10.6 Å². The summed E-state index contributed by atoms with van der Waals surface area (Å²) in [6.07, 6.45) is 9.00. The van der Waals surface area contributed by atoms with Crippen LogP contribution in [0.15, 0.2) is 36.9 Å². The molecule has 5 heteroatoms. The van der Waals surface area contributed by atoms with Crippen LogP contribution in [-0.4, -0.2) is 29.0 Å². The monoisotopic (exact) mass is 296 g/mol. The number of nitrogens with two attached hydrogens (primary N) is 1. The van der Waals surface area contributed by atoms with Gasteiger partial charge in [-0.3, -0.25) is 14.8 Å². The number of pyridine rings is 2. The Morgan fingerprint density at radius 2 is 1.86 bits per heavy atom. The molecule has 0 radical (unpaired) electrons. The third-order valence-electron chi connectivity index (χ3n) is 4.31. The maximum Gasteiger partial charge on any atom is 0.220 e. The zero-order chi connectivity index (χ0) is 15.5. The molecule has 22 heavy (non-hydrogen) atoms. The molecule has 0 bridgehead atoms. The number of amides is 1. The lowest BCUT2D eigenvalue weighted by Crippen LogP contribution is -2.39. The Bertz CT molecular complexity index is 664. The van der Waals surface area contributed by atoms with Gasteiger partial charge in [0.25, 0.3) is 0 Å². The van der Waals surface area contributed by atoms with Gasteiger partial charge in [-0.05, 0) is 43.0 Å². The molecular weight excluding hydrogens is 276 g/mol. The van der Waals surface area contributed by atoms with E-state index < -0.39 is 0 Å². The molecule has 2 aromatic heterocycles. The SMILES string of the molecule is Cc1cncc(-c2ccncc2)c1N1CCC(C(N)=O)CC1. The molecule has 1 aliphatic heterocycles. The van der Waals surface area contributed by atoms with Crippen molar-refractivity contribution in [2.45, 2.75) is 19.8 Å². The zero-order valence-electron chi connectivity index (χ0n) is 12.7. The normalized spacial score (nSPS) is 15.8. The second-order valence-electron chi connectivity index (χ2n) is 5.75. The number of hydrogen-bond donors (Lipinski definition) is 1. The van der Waals surface area contributed by atoms with Gasteiger partial charge in [-0.1, -0.05) is 0 Å². The molecule has 2 N–H and O–H groups in total. The first-order chi connectivity index (χ1) is 10.7. The van der Waals surface area contributed by atoms with Gasteiger partial charge in [0, 0.05) is 49.4 Å². The molecule has 1 aliphatic rings. The number of primary amides is 1. The van der Waals surface area contributed by atoms with Gasteiger partial charge in [0.2, 0.25) is 5.91 Å². The van der Waals surface area contributed by atoms with Gasteiger partial charge in [0.15, 0.2) is 0 Å². The molecule has 5 nitrogen and oxygen atoms in total. The Labute approximate surface area is 130 Å². The van der Waals surface area contributed by atoms with Crippen LogP contribution in [0.2, 0.25) is 0 Å². The van der Waals surface area contributed by atoms with E-state index >= 15 is 0 Å². The van der Waals surface area contributed by atoms with E-state index in [0.717, 1.165) is 42.6 Å². The van der Waals surface area contributed by atoms with E-state index in [1.54, 1.807) is 12.4 Å². The molecule has 0 aliphatic carbocycles. The van der Waals surface area contributed by atoms with Crippen LogP contribution in [0.4, 0.5) is 5.69 Å². The second kappa shape index (κ2) is 6.13. The first-order valence-electron chi connectivity index (χ1n) is 7.56. The first-order valence-corrected chi connectivity index (χ1v) is 7.56.